The predicted molar refractivity (Wildman–Crippen MR) is 70.2 cm³/mol. The molecule has 0 aromatic rings. The van der Waals surface area contributed by atoms with Crippen LogP contribution in [0.4, 0.5) is 0 Å². The fraction of sp³-hybridized carbons (Fsp3) is 0.714. The Balaban J connectivity index is 2.79. The average molecular weight is 237 g/mol. The molecular formula is C14H23NO2. The van der Waals surface area contributed by atoms with E-state index in [0.717, 1.165) is 0 Å². The van der Waals surface area contributed by atoms with E-state index in [0.29, 0.717) is 18.4 Å². The summed E-state index contributed by atoms with van der Waals surface area (Å²) < 4.78 is 5.42. The molecule has 96 valence electrons. The van der Waals surface area contributed by atoms with Crippen molar-refractivity contribution >= 4 is 11.7 Å². The standard InChI is InChI=1S/C14H23NO2/c1-7-14(5,6)10(4)12(16)13-15-11(8-17-13)9(2)3/h7,9-11H,1,8H2,2-6H3/t10?,11-/m1/s1. The van der Waals surface area contributed by atoms with Crippen LogP contribution in [-0.2, 0) is 9.53 Å². The molecule has 0 bridgehead atoms. The largest absolute Gasteiger partial charge is 0.473 e. The molecule has 3 nitrogen and oxygen atoms in total. The Labute approximate surface area is 104 Å². The van der Waals surface area contributed by atoms with Crippen molar-refractivity contribution < 1.29 is 9.53 Å². The third-order valence-corrected chi connectivity index (χ3v) is 3.69. The lowest BCUT2D eigenvalue weighted by Crippen LogP contribution is -2.32. The number of ether oxygens (including phenoxy) is 1. The Kier molecular flexibility index (Phi) is 4.12. The van der Waals surface area contributed by atoms with Gasteiger partial charge < -0.3 is 4.74 Å². The smallest absolute Gasteiger partial charge is 0.254 e. The first-order valence-corrected chi connectivity index (χ1v) is 6.18. The van der Waals surface area contributed by atoms with E-state index >= 15 is 0 Å². The molecule has 0 radical (unpaired) electrons. The zero-order valence-corrected chi connectivity index (χ0v) is 11.5. The molecule has 0 aromatic carbocycles. The maximum absolute atomic E-state index is 12.2. The molecular weight excluding hydrogens is 214 g/mol. The molecule has 0 saturated heterocycles. The zero-order valence-electron chi connectivity index (χ0n) is 11.5. The van der Waals surface area contributed by atoms with Gasteiger partial charge in [-0.2, -0.15) is 0 Å². The summed E-state index contributed by atoms with van der Waals surface area (Å²) in [6, 6.07) is 0.119. The van der Waals surface area contributed by atoms with Crippen molar-refractivity contribution in [2.24, 2.45) is 22.2 Å². The van der Waals surface area contributed by atoms with Crippen molar-refractivity contribution in [3.8, 4) is 0 Å². The molecule has 17 heavy (non-hydrogen) atoms. The number of rotatable bonds is 5. The Morgan fingerprint density at radius 3 is 2.53 bits per heavy atom. The highest BCUT2D eigenvalue weighted by Gasteiger charge is 2.35. The first kappa shape index (κ1) is 13.9. The quantitative estimate of drug-likeness (QED) is 0.690. The molecule has 0 aliphatic carbocycles. The Hall–Kier alpha value is -1.12. The molecule has 1 rings (SSSR count). The first-order chi connectivity index (χ1) is 7.79. The molecule has 0 aromatic heterocycles. The van der Waals surface area contributed by atoms with Gasteiger partial charge in [0.05, 0.1) is 6.04 Å². The second-order valence-electron chi connectivity index (χ2n) is 5.67. The van der Waals surface area contributed by atoms with Crippen LogP contribution in [0.15, 0.2) is 17.6 Å². The van der Waals surface area contributed by atoms with E-state index in [2.05, 4.69) is 25.4 Å². The van der Waals surface area contributed by atoms with E-state index in [1.54, 1.807) is 0 Å². The number of Topliss-reactive ketones (excluding diaryl/α,β-unsaturated/α-hetero) is 1. The van der Waals surface area contributed by atoms with Gasteiger partial charge >= 0.3 is 0 Å². The van der Waals surface area contributed by atoms with Crippen molar-refractivity contribution in [2.75, 3.05) is 6.61 Å². The second-order valence-corrected chi connectivity index (χ2v) is 5.67. The molecule has 1 unspecified atom stereocenters. The summed E-state index contributed by atoms with van der Waals surface area (Å²) in [7, 11) is 0. The lowest BCUT2D eigenvalue weighted by molar-refractivity contribution is -0.119. The van der Waals surface area contributed by atoms with E-state index in [-0.39, 0.29) is 23.2 Å². The van der Waals surface area contributed by atoms with E-state index in [9.17, 15) is 4.79 Å². The number of nitrogens with zero attached hydrogens (tertiary/aromatic N) is 1. The van der Waals surface area contributed by atoms with Crippen molar-refractivity contribution in [3.05, 3.63) is 12.7 Å². The number of carbonyl (C=O) groups is 1. The summed E-state index contributed by atoms with van der Waals surface area (Å²) in [5, 5.41) is 0. The lowest BCUT2D eigenvalue weighted by atomic mass is 9.77. The Bertz CT molecular complexity index is 342. The third-order valence-electron chi connectivity index (χ3n) is 3.69. The highest BCUT2D eigenvalue weighted by atomic mass is 16.5. The maximum atomic E-state index is 12.2. The van der Waals surface area contributed by atoms with Gasteiger partial charge in [0.1, 0.15) is 6.61 Å². The monoisotopic (exact) mass is 237 g/mol. The predicted octanol–water partition coefficient (Wildman–Crippen LogP) is 2.86. The van der Waals surface area contributed by atoms with Crippen LogP contribution in [0, 0.1) is 17.3 Å². The zero-order chi connectivity index (χ0) is 13.2. The summed E-state index contributed by atoms with van der Waals surface area (Å²) >= 11 is 0. The van der Waals surface area contributed by atoms with Gasteiger partial charge in [0.25, 0.3) is 5.90 Å². The lowest BCUT2D eigenvalue weighted by Gasteiger charge is -2.26. The second kappa shape index (κ2) is 5.03. The maximum Gasteiger partial charge on any atom is 0.254 e. The normalized spacial score (nSPS) is 22.0. The van der Waals surface area contributed by atoms with Crippen LogP contribution >= 0.6 is 0 Å². The van der Waals surface area contributed by atoms with Crippen LogP contribution < -0.4 is 0 Å². The highest BCUT2D eigenvalue weighted by Crippen LogP contribution is 2.29. The van der Waals surface area contributed by atoms with Crippen molar-refractivity contribution in [2.45, 2.75) is 40.7 Å². The number of allylic oxidation sites excluding steroid dienone is 1. The topological polar surface area (TPSA) is 38.7 Å². The molecule has 1 aliphatic heterocycles. The number of hydrogen-bond donors (Lipinski definition) is 0. The van der Waals surface area contributed by atoms with Crippen LogP contribution in [0.2, 0.25) is 0 Å². The van der Waals surface area contributed by atoms with Crippen LogP contribution in [0.25, 0.3) is 0 Å². The van der Waals surface area contributed by atoms with E-state index in [1.165, 1.54) is 0 Å². The minimum Gasteiger partial charge on any atom is -0.473 e. The Morgan fingerprint density at radius 2 is 2.12 bits per heavy atom. The average Bonchev–Trinajstić information content (AvgIpc) is 2.76. The number of ketones is 1. The van der Waals surface area contributed by atoms with Gasteiger partial charge in [-0.3, -0.25) is 4.79 Å². The Morgan fingerprint density at radius 1 is 1.53 bits per heavy atom. The summed E-state index contributed by atoms with van der Waals surface area (Å²) in [6.45, 7) is 14.4. The summed E-state index contributed by atoms with van der Waals surface area (Å²) in [6.07, 6.45) is 1.81. The fourth-order valence-corrected chi connectivity index (χ4v) is 1.57. The SMILES string of the molecule is C=CC(C)(C)C(C)C(=O)C1=N[C@@H](C(C)C)CO1. The van der Waals surface area contributed by atoms with Gasteiger partial charge in [0, 0.05) is 5.92 Å². The van der Waals surface area contributed by atoms with Crippen molar-refractivity contribution in [1.29, 1.82) is 0 Å². The number of aliphatic imine (C=N–C) groups is 1. The molecule has 2 atom stereocenters. The highest BCUT2D eigenvalue weighted by molar-refractivity contribution is 6.37. The van der Waals surface area contributed by atoms with Crippen molar-refractivity contribution in [3.63, 3.8) is 0 Å². The van der Waals surface area contributed by atoms with Crippen LogP contribution in [0.3, 0.4) is 0 Å². The molecule has 0 spiro atoms. The summed E-state index contributed by atoms with van der Waals surface area (Å²) in [5.41, 5.74) is -0.237. The van der Waals surface area contributed by atoms with Gasteiger partial charge in [-0.15, -0.1) is 6.58 Å². The van der Waals surface area contributed by atoms with Gasteiger partial charge in [-0.25, -0.2) is 4.99 Å². The number of hydrogen-bond acceptors (Lipinski definition) is 3. The van der Waals surface area contributed by atoms with Crippen LogP contribution in [-0.4, -0.2) is 24.3 Å². The van der Waals surface area contributed by atoms with E-state index in [4.69, 9.17) is 4.74 Å². The molecule has 0 amide bonds. The molecule has 3 heteroatoms. The van der Waals surface area contributed by atoms with Gasteiger partial charge in [-0.1, -0.05) is 40.7 Å². The summed E-state index contributed by atoms with van der Waals surface area (Å²) in [5.74, 6) is 0.525. The minimum absolute atomic E-state index is 0.0157. The number of carbonyl (C=O) groups excluding carboxylic acids is 1. The van der Waals surface area contributed by atoms with Gasteiger partial charge in [0.15, 0.2) is 0 Å². The first-order valence-electron chi connectivity index (χ1n) is 6.18. The van der Waals surface area contributed by atoms with Crippen molar-refractivity contribution in [1.82, 2.24) is 0 Å². The summed E-state index contributed by atoms with van der Waals surface area (Å²) in [4.78, 5) is 16.6. The van der Waals surface area contributed by atoms with Gasteiger partial charge in [0.2, 0.25) is 5.78 Å². The van der Waals surface area contributed by atoms with Crippen LogP contribution in [0.1, 0.15) is 34.6 Å². The minimum atomic E-state index is -0.237. The molecule has 1 heterocycles. The van der Waals surface area contributed by atoms with Crippen LogP contribution in [0.5, 0.6) is 0 Å². The molecule has 0 fully saturated rings. The van der Waals surface area contributed by atoms with E-state index in [1.807, 2.05) is 26.8 Å². The fourth-order valence-electron chi connectivity index (χ4n) is 1.57. The molecule has 1 aliphatic rings. The molecule has 0 N–H and O–H groups in total. The third kappa shape index (κ3) is 2.96. The van der Waals surface area contributed by atoms with Gasteiger partial charge in [-0.05, 0) is 11.3 Å². The molecule has 0 saturated carbocycles. The van der Waals surface area contributed by atoms with E-state index < -0.39 is 0 Å².